The second-order valence-corrected chi connectivity index (χ2v) is 6.82. The molecule has 4 aromatic rings. The fourth-order valence-corrected chi connectivity index (χ4v) is 3.04. The van der Waals surface area contributed by atoms with Crippen LogP contribution in [0.5, 0.6) is 11.5 Å². The molecule has 0 unspecified atom stereocenters. The Labute approximate surface area is 175 Å². The predicted molar refractivity (Wildman–Crippen MR) is 112 cm³/mol. The zero-order chi connectivity index (χ0) is 21.1. The predicted octanol–water partition coefficient (Wildman–Crippen LogP) is 4.85. The third-order valence-electron chi connectivity index (χ3n) is 4.32. The Morgan fingerprint density at radius 2 is 1.90 bits per heavy atom. The summed E-state index contributed by atoms with van der Waals surface area (Å²) in [6.07, 6.45) is 0. The van der Waals surface area contributed by atoms with E-state index in [1.807, 2.05) is 24.3 Å². The van der Waals surface area contributed by atoms with Gasteiger partial charge in [-0.3, -0.25) is 14.9 Å². The molecule has 2 N–H and O–H groups in total. The molecule has 1 amide bonds. The number of carbonyl (C=O) groups excluding carboxylic acids is 1. The molecule has 0 radical (unpaired) electrons. The third-order valence-corrected chi connectivity index (χ3v) is 4.55. The van der Waals surface area contributed by atoms with Gasteiger partial charge in [0, 0.05) is 16.7 Å². The summed E-state index contributed by atoms with van der Waals surface area (Å²) in [7, 11) is 0. The highest BCUT2D eigenvalue weighted by Crippen LogP contribution is 2.33. The number of aromatic amines is 1. The van der Waals surface area contributed by atoms with Crippen LogP contribution < -0.4 is 10.1 Å². The summed E-state index contributed by atoms with van der Waals surface area (Å²) in [4.78, 5) is 30.5. The van der Waals surface area contributed by atoms with Crippen molar-refractivity contribution >= 4 is 34.2 Å². The smallest absolute Gasteiger partial charge is 0.313 e. The van der Waals surface area contributed by atoms with Gasteiger partial charge in [-0.2, -0.15) is 0 Å². The van der Waals surface area contributed by atoms with Crippen LogP contribution >= 0.6 is 11.6 Å². The van der Waals surface area contributed by atoms with Gasteiger partial charge in [-0.25, -0.2) is 4.98 Å². The summed E-state index contributed by atoms with van der Waals surface area (Å²) in [5.74, 6) is 0.791. The van der Waals surface area contributed by atoms with Gasteiger partial charge in [0.15, 0.2) is 0 Å². The molecular weight excluding hydrogens is 408 g/mol. The van der Waals surface area contributed by atoms with Crippen molar-refractivity contribution in [2.75, 3.05) is 0 Å². The first-order valence-electron chi connectivity index (χ1n) is 8.93. The second kappa shape index (κ2) is 8.22. The first-order valence-corrected chi connectivity index (χ1v) is 9.31. The van der Waals surface area contributed by atoms with Crippen LogP contribution in [0.2, 0.25) is 5.02 Å². The summed E-state index contributed by atoms with van der Waals surface area (Å²) < 4.78 is 5.58. The lowest BCUT2D eigenvalue weighted by Crippen LogP contribution is -2.23. The van der Waals surface area contributed by atoms with Gasteiger partial charge in [-0.1, -0.05) is 23.7 Å². The highest BCUT2D eigenvalue weighted by molar-refractivity contribution is 6.30. The quantitative estimate of drug-likeness (QED) is 0.341. The molecule has 8 nitrogen and oxygen atoms in total. The fraction of sp³-hybridized carbons (Fsp3) is 0.0476. The Balaban J connectivity index is 1.42. The number of imidazole rings is 1. The van der Waals surface area contributed by atoms with Crippen molar-refractivity contribution in [1.29, 1.82) is 0 Å². The number of nitro groups is 1. The monoisotopic (exact) mass is 422 g/mol. The Hall–Kier alpha value is -3.91. The fourth-order valence-electron chi connectivity index (χ4n) is 2.88. The van der Waals surface area contributed by atoms with Gasteiger partial charge in [0.25, 0.3) is 5.91 Å². The summed E-state index contributed by atoms with van der Waals surface area (Å²) >= 11 is 5.81. The van der Waals surface area contributed by atoms with E-state index in [2.05, 4.69) is 15.3 Å². The van der Waals surface area contributed by atoms with Crippen LogP contribution in [-0.4, -0.2) is 20.8 Å². The number of amides is 1. The average Bonchev–Trinajstić information content (AvgIpc) is 3.17. The van der Waals surface area contributed by atoms with Crippen molar-refractivity contribution in [2.24, 2.45) is 0 Å². The summed E-state index contributed by atoms with van der Waals surface area (Å²) in [5, 5.41) is 14.2. The number of ether oxygens (including phenoxy) is 1. The van der Waals surface area contributed by atoms with E-state index in [1.165, 1.54) is 18.2 Å². The van der Waals surface area contributed by atoms with Crippen LogP contribution in [0.25, 0.3) is 11.0 Å². The lowest BCUT2D eigenvalue weighted by atomic mass is 10.2. The maximum Gasteiger partial charge on any atom is 0.313 e. The molecule has 0 saturated carbocycles. The molecule has 0 saturated heterocycles. The van der Waals surface area contributed by atoms with Gasteiger partial charge in [0.2, 0.25) is 5.75 Å². The van der Waals surface area contributed by atoms with Crippen LogP contribution in [0.1, 0.15) is 16.2 Å². The number of hydrogen-bond donors (Lipinski definition) is 2. The summed E-state index contributed by atoms with van der Waals surface area (Å²) in [5.41, 5.74) is 1.92. The van der Waals surface area contributed by atoms with Crippen molar-refractivity contribution < 1.29 is 14.5 Å². The minimum absolute atomic E-state index is 0.0616. The van der Waals surface area contributed by atoms with Crippen molar-refractivity contribution in [3.63, 3.8) is 0 Å². The molecule has 1 heterocycles. The van der Waals surface area contributed by atoms with Crippen molar-refractivity contribution in [3.8, 4) is 11.5 Å². The molecule has 0 bridgehead atoms. The zero-order valence-corrected chi connectivity index (χ0v) is 16.2. The molecule has 0 aliphatic carbocycles. The number of para-hydroxylation sites is 2. The van der Waals surface area contributed by atoms with Gasteiger partial charge in [-0.15, -0.1) is 0 Å². The van der Waals surface area contributed by atoms with Gasteiger partial charge >= 0.3 is 5.69 Å². The number of rotatable bonds is 6. The van der Waals surface area contributed by atoms with Gasteiger partial charge < -0.3 is 15.0 Å². The maximum absolute atomic E-state index is 12.4. The summed E-state index contributed by atoms with van der Waals surface area (Å²) in [6.45, 7) is 0.253. The topological polar surface area (TPSA) is 110 Å². The molecule has 3 aromatic carbocycles. The van der Waals surface area contributed by atoms with Crippen LogP contribution in [0, 0.1) is 10.1 Å². The summed E-state index contributed by atoms with van der Waals surface area (Å²) in [6, 6.07) is 18.0. The number of nitrogens with one attached hydrogen (secondary N) is 2. The first-order chi connectivity index (χ1) is 14.5. The second-order valence-electron chi connectivity index (χ2n) is 6.38. The molecule has 1 aromatic heterocycles. The van der Waals surface area contributed by atoms with Crippen LogP contribution in [-0.2, 0) is 6.54 Å². The van der Waals surface area contributed by atoms with Crippen LogP contribution in [0.4, 0.5) is 5.69 Å². The zero-order valence-electron chi connectivity index (χ0n) is 15.5. The SMILES string of the molecule is O=C(NCc1nc2ccccc2[nH]1)c1ccc(Oc2ccc(Cl)cc2[N+](=O)[O-])cc1. The molecule has 0 aliphatic heterocycles. The first kappa shape index (κ1) is 19.4. The van der Waals surface area contributed by atoms with Gasteiger partial charge in [0.05, 0.1) is 22.5 Å². The van der Waals surface area contributed by atoms with E-state index in [-0.39, 0.29) is 28.9 Å². The van der Waals surface area contributed by atoms with E-state index in [9.17, 15) is 14.9 Å². The largest absolute Gasteiger partial charge is 0.450 e. The number of H-pyrrole nitrogens is 1. The number of nitrogens with zero attached hydrogens (tertiary/aromatic N) is 2. The Kier molecular flexibility index (Phi) is 5.32. The van der Waals surface area contributed by atoms with E-state index >= 15 is 0 Å². The lowest BCUT2D eigenvalue weighted by molar-refractivity contribution is -0.385. The molecule has 0 atom stereocenters. The number of hydrogen-bond acceptors (Lipinski definition) is 5. The third kappa shape index (κ3) is 4.23. The molecule has 30 heavy (non-hydrogen) atoms. The molecule has 4 rings (SSSR count). The van der Waals surface area contributed by atoms with E-state index < -0.39 is 4.92 Å². The number of aromatic nitrogens is 2. The van der Waals surface area contributed by atoms with Crippen molar-refractivity contribution in [2.45, 2.75) is 6.54 Å². The molecule has 9 heteroatoms. The minimum Gasteiger partial charge on any atom is -0.450 e. The molecule has 150 valence electrons. The normalized spacial score (nSPS) is 10.7. The number of nitro benzene ring substituents is 1. The van der Waals surface area contributed by atoms with E-state index in [0.717, 1.165) is 11.0 Å². The number of fused-ring (bicyclic) bond motifs is 1. The number of halogens is 1. The highest BCUT2D eigenvalue weighted by Gasteiger charge is 2.16. The lowest BCUT2D eigenvalue weighted by Gasteiger charge is -2.08. The molecule has 0 fully saturated rings. The van der Waals surface area contributed by atoms with Gasteiger partial charge in [-0.05, 0) is 48.5 Å². The Morgan fingerprint density at radius 3 is 2.63 bits per heavy atom. The number of benzene rings is 3. The van der Waals surface area contributed by atoms with Crippen LogP contribution in [0.3, 0.4) is 0 Å². The average molecular weight is 423 g/mol. The van der Waals surface area contributed by atoms with Gasteiger partial charge in [0.1, 0.15) is 11.6 Å². The standard InChI is InChI=1S/C21H15ClN4O4/c22-14-7-10-19(18(11-14)26(28)29)30-15-8-5-13(6-9-15)21(27)23-12-20-24-16-3-1-2-4-17(16)25-20/h1-11H,12H2,(H,23,27)(H,24,25). The Morgan fingerprint density at radius 1 is 1.13 bits per heavy atom. The number of carbonyl (C=O) groups is 1. The molecule has 0 spiro atoms. The maximum atomic E-state index is 12.4. The Bertz CT molecular complexity index is 1200. The molecule has 0 aliphatic rings. The minimum atomic E-state index is -0.568. The van der Waals surface area contributed by atoms with Crippen molar-refractivity contribution in [1.82, 2.24) is 15.3 Å². The van der Waals surface area contributed by atoms with E-state index in [4.69, 9.17) is 16.3 Å². The van der Waals surface area contributed by atoms with E-state index in [1.54, 1.807) is 24.3 Å². The van der Waals surface area contributed by atoms with Crippen molar-refractivity contribution in [3.05, 3.63) is 93.3 Å². The van der Waals surface area contributed by atoms with E-state index in [0.29, 0.717) is 17.1 Å². The highest BCUT2D eigenvalue weighted by atomic mass is 35.5. The van der Waals surface area contributed by atoms with Crippen LogP contribution in [0.15, 0.2) is 66.7 Å². The molecular formula is C21H15ClN4O4.